The van der Waals surface area contributed by atoms with Crippen molar-refractivity contribution in [1.82, 2.24) is 0 Å². The van der Waals surface area contributed by atoms with Gasteiger partial charge in [0, 0.05) is 0 Å². The fourth-order valence-corrected chi connectivity index (χ4v) is 2.33. The number of hydrogen-bond donors (Lipinski definition) is 2. The smallest absolute Gasteiger partial charge is 0.426 e. The van der Waals surface area contributed by atoms with Gasteiger partial charge in [-0.25, -0.2) is 0 Å². The molecule has 0 aromatic carbocycles. The van der Waals surface area contributed by atoms with Crippen LogP contribution in [0.2, 0.25) is 0 Å². The number of aliphatic carboxylic acids is 1. The minimum absolute atomic E-state index is 1.21. The maximum Gasteiger partial charge on any atom is 0.426 e. The summed E-state index contributed by atoms with van der Waals surface area (Å²) in [5.74, 6) is -4.19. The van der Waals surface area contributed by atoms with Gasteiger partial charge in [0.1, 0.15) is 0 Å². The summed E-state index contributed by atoms with van der Waals surface area (Å²) in [7, 11) is 0. The van der Waals surface area contributed by atoms with Crippen molar-refractivity contribution in [3.63, 3.8) is 0 Å². The van der Waals surface area contributed by atoms with E-state index >= 15 is 0 Å². The standard InChI is InChI=1S/C10H12F6O3/c1-7(2)4(5(7)6(17)18)3-8(19,9(11,12)13)10(14,15)16/h4-5,19H,3H2,1-2H3,(H,17,18)/t4-,5+/m0/s1. The van der Waals surface area contributed by atoms with Gasteiger partial charge in [0.05, 0.1) is 5.92 Å². The van der Waals surface area contributed by atoms with Gasteiger partial charge < -0.3 is 10.2 Å². The Balaban J connectivity index is 3.04. The quantitative estimate of drug-likeness (QED) is 0.787. The first-order valence-electron chi connectivity index (χ1n) is 5.25. The first kappa shape index (κ1) is 16.1. The van der Waals surface area contributed by atoms with E-state index in [1.165, 1.54) is 13.8 Å². The van der Waals surface area contributed by atoms with Gasteiger partial charge in [0.2, 0.25) is 0 Å². The zero-order chi connectivity index (χ0) is 15.4. The summed E-state index contributed by atoms with van der Waals surface area (Å²) in [6.45, 7) is 2.51. The second-order valence-corrected chi connectivity index (χ2v) is 5.30. The Morgan fingerprint density at radius 1 is 1.11 bits per heavy atom. The van der Waals surface area contributed by atoms with Crippen molar-refractivity contribution in [1.29, 1.82) is 0 Å². The highest BCUT2D eigenvalue weighted by molar-refractivity contribution is 5.75. The van der Waals surface area contributed by atoms with Gasteiger partial charge in [0.15, 0.2) is 0 Å². The zero-order valence-corrected chi connectivity index (χ0v) is 9.93. The molecular weight excluding hydrogens is 282 g/mol. The van der Waals surface area contributed by atoms with Crippen molar-refractivity contribution < 1.29 is 41.4 Å². The summed E-state index contributed by atoms with van der Waals surface area (Å²) in [6, 6.07) is 0. The predicted molar refractivity (Wildman–Crippen MR) is 50.1 cm³/mol. The molecule has 1 rings (SSSR count). The Labute approximate surface area is 104 Å². The number of halogens is 6. The predicted octanol–water partition coefficient (Wildman–Crippen LogP) is 2.59. The molecule has 1 saturated carbocycles. The van der Waals surface area contributed by atoms with E-state index in [1.54, 1.807) is 0 Å². The van der Waals surface area contributed by atoms with E-state index in [0.717, 1.165) is 0 Å². The summed E-state index contributed by atoms with van der Waals surface area (Å²) >= 11 is 0. The molecule has 1 aliphatic carbocycles. The van der Waals surface area contributed by atoms with Crippen molar-refractivity contribution in [3.05, 3.63) is 0 Å². The van der Waals surface area contributed by atoms with Crippen molar-refractivity contribution >= 4 is 5.97 Å². The van der Waals surface area contributed by atoms with Crippen LogP contribution >= 0.6 is 0 Å². The van der Waals surface area contributed by atoms with E-state index in [0.29, 0.717) is 0 Å². The molecule has 0 spiro atoms. The number of aliphatic hydroxyl groups is 1. The van der Waals surface area contributed by atoms with E-state index in [9.17, 15) is 31.1 Å². The van der Waals surface area contributed by atoms with Crippen molar-refractivity contribution in [2.75, 3.05) is 0 Å². The highest BCUT2D eigenvalue weighted by Crippen LogP contribution is 2.63. The third kappa shape index (κ3) is 2.39. The lowest BCUT2D eigenvalue weighted by atomic mass is 9.92. The molecule has 2 N–H and O–H groups in total. The highest BCUT2D eigenvalue weighted by Gasteiger charge is 2.75. The monoisotopic (exact) mass is 294 g/mol. The van der Waals surface area contributed by atoms with Crippen LogP contribution in [-0.2, 0) is 4.79 Å². The topological polar surface area (TPSA) is 57.5 Å². The number of rotatable bonds is 3. The first-order valence-corrected chi connectivity index (χ1v) is 5.25. The summed E-state index contributed by atoms with van der Waals surface area (Å²) in [5.41, 5.74) is -6.09. The molecule has 0 unspecified atom stereocenters. The Morgan fingerprint density at radius 2 is 1.47 bits per heavy atom. The summed E-state index contributed by atoms with van der Waals surface area (Å²) in [6.07, 6.45) is -13.5. The van der Waals surface area contributed by atoms with E-state index in [4.69, 9.17) is 10.2 Å². The van der Waals surface area contributed by atoms with Crippen molar-refractivity contribution in [2.24, 2.45) is 17.3 Å². The summed E-state index contributed by atoms with van der Waals surface area (Å²) in [4.78, 5) is 10.7. The fraction of sp³-hybridized carbons (Fsp3) is 0.900. The normalized spacial score (nSPS) is 27.2. The van der Waals surface area contributed by atoms with Crippen LogP contribution in [0, 0.1) is 17.3 Å². The molecule has 9 heteroatoms. The molecule has 0 saturated heterocycles. The first-order chi connectivity index (χ1) is 8.16. The molecule has 0 aromatic heterocycles. The molecule has 3 nitrogen and oxygen atoms in total. The summed E-state index contributed by atoms with van der Waals surface area (Å²) < 4.78 is 74.7. The Bertz CT molecular complexity index is 370. The average molecular weight is 294 g/mol. The van der Waals surface area contributed by atoms with Gasteiger partial charge >= 0.3 is 18.3 Å². The summed E-state index contributed by atoms with van der Waals surface area (Å²) in [5, 5.41) is 17.7. The average Bonchev–Trinajstić information content (AvgIpc) is 2.63. The van der Waals surface area contributed by atoms with Gasteiger partial charge in [-0.05, 0) is 17.8 Å². The second kappa shape index (κ2) is 4.00. The molecule has 0 bridgehead atoms. The number of alkyl halides is 6. The Hall–Kier alpha value is -0.990. The molecule has 1 aliphatic rings. The largest absolute Gasteiger partial charge is 0.481 e. The lowest BCUT2D eigenvalue weighted by Crippen LogP contribution is -2.57. The number of carboxylic acids is 1. The molecule has 2 atom stereocenters. The zero-order valence-electron chi connectivity index (χ0n) is 9.93. The van der Waals surface area contributed by atoms with Crippen LogP contribution in [0.15, 0.2) is 0 Å². The van der Waals surface area contributed by atoms with E-state index in [2.05, 4.69) is 0 Å². The van der Waals surface area contributed by atoms with Gasteiger partial charge in [-0.2, -0.15) is 26.3 Å². The van der Waals surface area contributed by atoms with E-state index in [-0.39, 0.29) is 0 Å². The van der Waals surface area contributed by atoms with E-state index < -0.39 is 47.6 Å². The van der Waals surface area contributed by atoms with E-state index in [1.807, 2.05) is 0 Å². The van der Waals surface area contributed by atoms with Crippen molar-refractivity contribution in [2.45, 2.75) is 38.2 Å². The Kier molecular flexibility index (Phi) is 3.38. The van der Waals surface area contributed by atoms with Crippen molar-refractivity contribution in [3.8, 4) is 0 Å². The maximum atomic E-state index is 12.5. The SMILES string of the molecule is CC1(C)[C@@H](CC(O)(C(F)(F)F)C(F)(F)F)[C@@H]1C(=O)O. The molecule has 1 fully saturated rings. The molecule has 19 heavy (non-hydrogen) atoms. The van der Waals surface area contributed by atoms with Crippen LogP contribution in [-0.4, -0.2) is 34.1 Å². The number of carboxylic acid groups (broad SMARTS) is 1. The molecule has 0 amide bonds. The fourth-order valence-electron chi connectivity index (χ4n) is 2.33. The molecule has 0 radical (unpaired) electrons. The number of hydrogen-bond acceptors (Lipinski definition) is 2. The molecule has 0 heterocycles. The number of carbonyl (C=O) groups is 1. The van der Waals surface area contributed by atoms with Crippen LogP contribution in [0.3, 0.4) is 0 Å². The minimum Gasteiger partial charge on any atom is -0.481 e. The minimum atomic E-state index is -5.91. The molecule has 0 aromatic rings. The highest BCUT2D eigenvalue weighted by atomic mass is 19.4. The van der Waals surface area contributed by atoms with Crippen LogP contribution in [0.1, 0.15) is 20.3 Å². The maximum absolute atomic E-state index is 12.5. The Morgan fingerprint density at radius 3 is 1.68 bits per heavy atom. The van der Waals surface area contributed by atoms with Gasteiger partial charge in [-0.1, -0.05) is 13.8 Å². The molecule has 0 aliphatic heterocycles. The molecule has 112 valence electrons. The van der Waals surface area contributed by atoms with Crippen LogP contribution < -0.4 is 0 Å². The van der Waals surface area contributed by atoms with Crippen LogP contribution in [0.25, 0.3) is 0 Å². The van der Waals surface area contributed by atoms with Gasteiger partial charge in [-0.3, -0.25) is 4.79 Å². The lowest BCUT2D eigenvalue weighted by Gasteiger charge is -2.32. The van der Waals surface area contributed by atoms with Crippen LogP contribution in [0.5, 0.6) is 0 Å². The third-order valence-electron chi connectivity index (χ3n) is 3.77. The van der Waals surface area contributed by atoms with Gasteiger partial charge in [0.25, 0.3) is 5.60 Å². The van der Waals surface area contributed by atoms with Gasteiger partial charge in [-0.15, -0.1) is 0 Å². The third-order valence-corrected chi connectivity index (χ3v) is 3.77. The molecular formula is C10H12F6O3. The second-order valence-electron chi connectivity index (χ2n) is 5.30. The van der Waals surface area contributed by atoms with Crippen LogP contribution in [0.4, 0.5) is 26.3 Å². The lowest BCUT2D eigenvalue weighted by molar-refractivity contribution is -0.371.